The van der Waals surface area contributed by atoms with E-state index in [9.17, 15) is 14.4 Å². The minimum atomic E-state index is -1.55. The summed E-state index contributed by atoms with van der Waals surface area (Å²) in [6.07, 6.45) is -0.505. The fourth-order valence-corrected chi connectivity index (χ4v) is 0.302. The zero-order chi connectivity index (χ0) is 9.44. The number of carbonyl (C=O) groups is 3. The van der Waals surface area contributed by atoms with Crippen LogP contribution in [0.15, 0.2) is 0 Å². The van der Waals surface area contributed by atoms with Gasteiger partial charge in [-0.05, 0) is 6.92 Å². The van der Waals surface area contributed by atoms with Gasteiger partial charge in [0.25, 0.3) is 0 Å². The summed E-state index contributed by atoms with van der Waals surface area (Å²) in [5, 5.41) is 7.93. The summed E-state index contributed by atoms with van der Waals surface area (Å²) in [6, 6.07) is 0. The average Bonchev–Trinajstić information content (AvgIpc) is 1.90. The van der Waals surface area contributed by atoms with Crippen LogP contribution < -0.4 is 0 Å². The Morgan fingerprint density at radius 3 is 1.73 bits per heavy atom. The van der Waals surface area contributed by atoms with Crippen LogP contribution in [0.2, 0.25) is 0 Å². The molecule has 0 radical (unpaired) electrons. The minimum absolute atomic E-state index is 0.428. The van der Waals surface area contributed by atoms with Gasteiger partial charge in [-0.1, -0.05) is 0 Å². The van der Waals surface area contributed by atoms with Gasteiger partial charge < -0.3 is 5.11 Å². The van der Waals surface area contributed by atoms with Crippen LogP contribution in [0.1, 0.15) is 13.3 Å². The zero-order valence-electron chi connectivity index (χ0n) is 5.73. The van der Waals surface area contributed by atoms with Crippen molar-refractivity contribution < 1.29 is 40.5 Å². The maximum absolute atomic E-state index is 10.1. The average molecular weight is 197 g/mol. The molecule has 0 rings (SSSR count). The number of carboxylic acids is 1. The van der Waals surface area contributed by atoms with Gasteiger partial charge in [-0.2, -0.15) is 0 Å². The molecular formula is C5H6O5V. The topological polar surface area (TPSA) is 88.5 Å². The van der Waals surface area contributed by atoms with Gasteiger partial charge in [-0.3, -0.25) is 9.59 Å². The second kappa shape index (κ2) is 7.30. The van der Waals surface area contributed by atoms with E-state index in [1.807, 2.05) is 0 Å². The molecule has 61 valence electrons. The van der Waals surface area contributed by atoms with Crippen LogP contribution in [-0.2, 0) is 35.4 Å². The molecular weight excluding hydrogens is 191 g/mol. The summed E-state index contributed by atoms with van der Waals surface area (Å²) >= 11 is 1.06. The van der Waals surface area contributed by atoms with Crippen LogP contribution in [0.3, 0.4) is 0 Å². The van der Waals surface area contributed by atoms with Gasteiger partial charge in [0.05, 0.1) is 6.42 Å². The molecule has 1 N–H and O–H groups in total. The van der Waals surface area contributed by atoms with Gasteiger partial charge in [0.2, 0.25) is 5.78 Å². The molecule has 6 heteroatoms. The fourth-order valence-electron chi connectivity index (χ4n) is 0.302. The van der Waals surface area contributed by atoms with E-state index in [-0.39, 0.29) is 0 Å². The van der Waals surface area contributed by atoms with E-state index in [0.717, 1.165) is 17.4 Å². The van der Waals surface area contributed by atoms with E-state index >= 15 is 0 Å². The van der Waals surface area contributed by atoms with Crippen LogP contribution in [0.5, 0.6) is 0 Å². The molecule has 0 saturated carbocycles. The molecule has 0 spiro atoms. The number of rotatable bonds is 3. The second-order valence-corrected chi connectivity index (χ2v) is 1.61. The molecule has 0 unspecified atom stereocenters. The normalized spacial score (nSPS) is 7.27. The quantitative estimate of drug-likeness (QED) is 0.486. The third-order valence-corrected chi connectivity index (χ3v) is 0.648. The number of ketones is 2. The SMILES string of the molecule is CC(=O)CC(=O)C(=O)O.[O]=[V]. The molecule has 0 aromatic heterocycles. The molecule has 11 heavy (non-hydrogen) atoms. The first-order chi connectivity index (χ1) is 5.04. The number of aliphatic carboxylic acids is 1. The molecule has 0 fully saturated rings. The van der Waals surface area contributed by atoms with E-state index in [4.69, 9.17) is 8.78 Å². The monoisotopic (exact) mass is 197 g/mol. The molecule has 0 bridgehead atoms. The van der Waals surface area contributed by atoms with Crippen molar-refractivity contribution in [1.29, 1.82) is 0 Å². The third-order valence-electron chi connectivity index (χ3n) is 0.648. The van der Waals surface area contributed by atoms with Gasteiger partial charge in [-0.15, -0.1) is 0 Å². The second-order valence-electron chi connectivity index (χ2n) is 1.61. The number of carboxylic acid groups (broad SMARTS) is 1. The van der Waals surface area contributed by atoms with Crippen LogP contribution in [-0.4, -0.2) is 22.6 Å². The number of carbonyl (C=O) groups excluding carboxylic acids is 2. The molecule has 0 aromatic rings. The number of hydrogen-bond donors (Lipinski definition) is 1. The van der Waals surface area contributed by atoms with Crippen molar-refractivity contribution >= 4 is 17.5 Å². The van der Waals surface area contributed by atoms with Crippen LogP contribution in [0.4, 0.5) is 0 Å². The van der Waals surface area contributed by atoms with Crippen molar-refractivity contribution in [2.24, 2.45) is 0 Å². The molecule has 0 atom stereocenters. The number of hydrogen-bond acceptors (Lipinski definition) is 4. The third kappa shape index (κ3) is 9.19. The van der Waals surface area contributed by atoms with Crippen LogP contribution in [0, 0.1) is 0 Å². The Kier molecular flexibility index (Phi) is 8.52. The Morgan fingerprint density at radius 2 is 1.64 bits per heavy atom. The molecule has 0 aliphatic heterocycles. The van der Waals surface area contributed by atoms with Crippen LogP contribution >= 0.6 is 0 Å². The van der Waals surface area contributed by atoms with E-state index in [0.29, 0.717) is 0 Å². The molecule has 0 aromatic carbocycles. The van der Waals surface area contributed by atoms with Crippen molar-refractivity contribution in [3.8, 4) is 0 Å². The van der Waals surface area contributed by atoms with Crippen molar-refractivity contribution in [1.82, 2.24) is 0 Å². The standard InChI is InChI=1S/C5H6O4.O.V/c1-3(6)2-4(7)5(8)9;;/h2H2,1H3,(H,8,9);;. The predicted molar refractivity (Wildman–Crippen MR) is 28.6 cm³/mol. The predicted octanol–water partition coefficient (Wildman–Crippen LogP) is -0.502. The first kappa shape index (κ1) is 12.8. The van der Waals surface area contributed by atoms with Gasteiger partial charge in [-0.25, -0.2) is 4.79 Å². The van der Waals surface area contributed by atoms with E-state index in [1.165, 1.54) is 6.92 Å². The van der Waals surface area contributed by atoms with Gasteiger partial charge >= 0.3 is 27.0 Å². The first-order valence-electron chi connectivity index (χ1n) is 2.48. The summed E-state index contributed by atoms with van der Waals surface area (Å²) in [5.41, 5.74) is 0. The zero-order valence-corrected chi connectivity index (χ0v) is 7.13. The molecule has 0 amide bonds. The summed E-state index contributed by atoms with van der Waals surface area (Å²) < 4.78 is 8.19. The van der Waals surface area contributed by atoms with Crippen LogP contribution in [0.25, 0.3) is 0 Å². The molecule has 0 aliphatic rings. The summed E-state index contributed by atoms with van der Waals surface area (Å²) in [5.74, 6) is -3.03. The first-order valence-corrected chi connectivity index (χ1v) is 3.05. The van der Waals surface area contributed by atoms with E-state index < -0.39 is 24.0 Å². The van der Waals surface area contributed by atoms with Crippen molar-refractivity contribution in [2.75, 3.05) is 0 Å². The Balaban J connectivity index is 0. The molecule has 0 aliphatic carbocycles. The Hall–Kier alpha value is -0.806. The molecule has 0 heterocycles. The van der Waals surface area contributed by atoms with E-state index in [1.54, 1.807) is 0 Å². The Bertz CT molecular complexity index is 176. The number of Topliss-reactive ketones (excluding diaryl/α,β-unsaturated/α-hetero) is 2. The van der Waals surface area contributed by atoms with Crippen molar-refractivity contribution in [2.45, 2.75) is 13.3 Å². The molecule has 0 saturated heterocycles. The summed E-state index contributed by atoms with van der Waals surface area (Å²) in [6.45, 7) is 1.17. The van der Waals surface area contributed by atoms with Crippen molar-refractivity contribution in [3.63, 3.8) is 0 Å². The van der Waals surface area contributed by atoms with Crippen molar-refractivity contribution in [3.05, 3.63) is 0 Å². The van der Waals surface area contributed by atoms with E-state index in [2.05, 4.69) is 0 Å². The van der Waals surface area contributed by atoms with Gasteiger partial charge in [0, 0.05) is 0 Å². The Labute approximate surface area is 72.0 Å². The maximum atomic E-state index is 10.1. The summed E-state index contributed by atoms with van der Waals surface area (Å²) in [7, 11) is 0. The summed E-state index contributed by atoms with van der Waals surface area (Å²) in [4.78, 5) is 29.9. The van der Waals surface area contributed by atoms with Gasteiger partial charge in [0.15, 0.2) is 0 Å². The molecule has 5 nitrogen and oxygen atoms in total. The Morgan fingerprint density at radius 1 is 1.27 bits per heavy atom. The van der Waals surface area contributed by atoms with Gasteiger partial charge in [0.1, 0.15) is 5.78 Å². The fraction of sp³-hybridized carbons (Fsp3) is 0.400.